The number of benzene rings is 2. The topological polar surface area (TPSA) is 65.3 Å². The van der Waals surface area contributed by atoms with Crippen LogP contribution in [-0.2, 0) is 9.59 Å². The summed E-state index contributed by atoms with van der Waals surface area (Å²) in [5.74, 6) is -1.05. The average Bonchev–Trinajstić information content (AvgIpc) is 3.17. The quantitative estimate of drug-likeness (QED) is 0.566. The number of amides is 2. The number of para-hydroxylation sites is 2. The van der Waals surface area contributed by atoms with Gasteiger partial charge in [-0.2, -0.15) is 15.2 Å². The van der Waals surface area contributed by atoms with Crippen molar-refractivity contribution in [1.82, 2.24) is 0 Å². The molecule has 2 aromatic rings. The van der Waals surface area contributed by atoms with Crippen molar-refractivity contribution < 1.29 is 9.59 Å². The number of carbonyl (C=O) groups is 2. The van der Waals surface area contributed by atoms with E-state index in [4.69, 9.17) is 0 Å². The molecule has 0 N–H and O–H groups in total. The molecular weight excluding hydrogens is 500 g/mol. The first-order valence-corrected chi connectivity index (χ1v) is 10.8. The van der Waals surface area contributed by atoms with Crippen molar-refractivity contribution in [3.05, 3.63) is 60.7 Å². The number of hydrogen-bond donors (Lipinski definition) is 0. The second kappa shape index (κ2) is 7.50. The van der Waals surface area contributed by atoms with Crippen LogP contribution in [0.4, 0.5) is 11.4 Å². The molecule has 8 heteroatoms. The molecule has 0 spiro atoms. The molecule has 29 heavy (non-hydrogen) atoms. The van der Waals surface area contributed by atoms with Crippen LogP contribution in [0, 0.1) is 5.92 Å². The third-order valence-corrected chi connectivity index (χ3v) is 8.37. The maximum absolute atomic E-state index is 13.4. The summed E-state index contributed by atoms with van der Waals surface area (Å²) in [4.78, 5) is 26.0. The molecule has 2 aromatic carbocycles. The highest BCUT2D eigenvalue weighted by molar-refractivity contribution is 9.13. The second-order valence-electron chi connectivity index (χ2n) is 6.96. The van der Waals surface area contributed by atoms with Crippen LogP contribution in [0.3, 0.4) is 0 Å². The number of nitrogens with zero attached hydrogens (tertiary/aromatic N) is 4. The van der Waals surface area contributed by atoms with E-state index < -0.39 is 15.1 Å². The number of hydrogen-bond acceptors (Lipinski definition) is 4. The highest BCUT2D eigenvalue weighted by Crippen LogP contribution is 2.43. The van der Waals surface area contributed by atoms with Crippen LogP contribution in [0.1, 0.15) is 13.8 Å². The van der Waals surface area contributed by atoms with E-state index in [9.17, 15) is 9.59 Å². The van der Waals surface area contributed by atoms with Crippen LogP contribution < -0.4 is 10.0 Å². The Morgan fingerprint density at radius 3 is 1.97 bits per heavy atom. The van der Waals surface area contributed by atoms with E-state index in [-0.39, 0.29) is 11.8 Å². The molecule has 0 bridgehead atoms. The van der Waals surface area contributed by atoms with Gasteiger partial charge >= 0.3 is 0 Å². The van der Waals surface area contributed by atoms with E-state index in [1.165, 1.54) is 10.0 Å². The van der Waals surface area contributed by atoms with E-state index >= 15 is 0 Å². The summed E-state index contributed by atoms with van der Waals surface area (Å²) in [5.41, 5.74) is 2.58. The molecule has 0 radical (unpaired) electrons. The number of alkyl halides is 2. The first-order chi connectivity index (χ1) is 13.9. The van der Waals surface area contributed by atoms with Crippen molar-refractivity contribution in [2.45, 2.75) is 23.0 Å². The molecule has 2 aliphatic heterocycles. The molecule has 3 atom stereocenters. The van der Waals surface area contributed by atoms with Crippen LogP contribution in [-0.4, -0.2) is 32.4 Å². The van der Waals surface area contributed by atoms with Crippen molar-refractivity contribution in [2.75, 3.05) is 10.0 Å². The molecule has 148 valence electrons. The summed E-state index contributed by atoms with van der Waals surface area (Å²) in [6.07, 6.45) is 0. The third-order valence-electron chi connectivity index (χ3n) is 5.14. The fraction of sp³-hybridized carbons (Fsp3) is 0.238. The van der Waals surface area contributed by atoms with Gasteiger partial charge in [-0.1, -0.05) is 68.3 Å². The fourth-order valence-corrected chi connectivity index (χ4v) is 5.19. The van der Waals surface area contributed by atoms with Crippen LogP contribution in [0.2, 0.25) is 0 Å². The normalized spacial score (nSPS) is 25.3. The van der Waals surface area contributed by atoms with Gasteiger partial charge in [0.15, 0.2) is 4.32 Å². The first kappa shape index (κ1) is 20.0. The largest absolute Gasteiger partial charge is 0.272 e. The summed E-state index contributed by atoms with van der Waals surface area (Å²) >= 11 is 7.27. The lowest BCUT2D eigenvalue weighted by Crippen LogP contribution is -2.53. The Morgan fingerprint density at radius 1 is 0.897 bits per heavy atom. The Morgan fingerprint density at radius 2 is 1.41 bits per heavy atom. The Balaban J connectivity index is 1.65. The Kier molecular flexibility index (Phi) is 5.16. The van der Waals surface area contributed by atoms with Gasteiger partial charge in [-0.15, -0.1) is 0 Å². The molecule has 2 aliphatic rings. The van der Waals surface area contributed by atoms with Gasteiger partial charge in [0, 0.05) is 5.71 Å². The summed E-state index contributed by atoms with van der Waals surface area (Å²) < 4.78 is -1.16. The van der Waals surface area contributed by atoms with Gasteiger partial charge in [-0.05, 0) is 38.1 Å². The highest BCUT2D eigenvalue weighted by Gasteiger charge is 2.58. The zero-order valence-corrected chi connectivity index (χ0v) is 19.0. The lowest BCUT2D eigenvalue weighted by atomic mass is 9.88. The van der Waals surface area contributed by atoms with E-state index in [1.807, 2.05) is 60.7 Å². The van der Waals surface area contributed by atoms with Crippen molar-refractivity contribution in [2.24, 2.45) is 16.1 Å². The van der Waals surface area contributed by atoms with Gasteiger partial charge < -0.3 is 0 Å². The van der Waals surface area contributed by atoms with Gasteiger partial charge in [0.1, 0.15) is 0 Å². The molecule has 4 rings (SSSR count). The molecule has 2 amide bonds. The van der Waals surface area contributed by atoms with Crippen LogP contribution >= 0.6 is 31.9 Å². The maximum atomic E-state index is 13.4. The van der Waals surface area contributed by atoms with E-state index in [1.54, 1.807) is 13.8 Å². The summed E-state index contributed by atoms with van der Waals surface area (Å²) in [5, 5.41) is 11.7. The molecule has 0 aromatic heterocycles. The Hall–Kier alpha value is -2.32. The smallest absolute Gasteiger partial charge is 0.271 e. The van der Waals surface area contributed by atoms with Crippen molar-refractivity contribution >= 4 is 66.5 Å². The summed E-state index contributed by atoms with van der Waals surface area (Å²) in [6.45, 7) is 3.59. The average molecular weight is 518 g/mol. The second-order valence-corrected chi connectivity index (χ2v) is 9.19. The number of anilines is 2. The minimum atomic E-state index is -1.16. The lowest BCUT2D eigenvalue weighted by Gasteiger charge is -2.30. The number of rotatable bonds is 4. The molecule has 0 unspecified atom stereocenters. The molecule has 6 nitrogen and oxygen atoms in total. The van der Waals surface area contributed by atoms with E-state index in [0.29, 0.717) is 22.8 Å². The minimum absolute atomic E-state index is 0.187. The Bertz CT molecular complexity index is 1030. The predicted molar refractivity (Wildman–Crippen MR) is 122 cm³/mol. The maximum Gasteiger partial charge on any atom is 0.271 e. The van der Waals surface area contributed by atoms with Crippen LogP contribution in [0.15, 0.2) is 70.9 Å². The van der Waals surface area contributed by atoms with Gasteiger partial charge in [0.25, 0.3) is 11.8 Å². The monoisotopic (exact) mass is 516 g/mol. The molecule has 0 saturated heterocycles. The predicted octanol–water partition coefficient (Wildman–Crippen LogP) is 4.35. The Labute approximate surface area is 185 Å². The van der Waals surface area contributed by atoms with Gasteiger partial charge in [0.05, 0.1) is 27.8 Å². The zero-order valence-electron chi connectivity index (χ0n) is 15.8. The number of carbonyl (C=O) groups excluding carboxylic acids is 2. The molecule has 2 heterocycles. The van der Waals surface area contributed by atoms with Gasteiger partial charge in [-0.25, -0.2) is 5.01 Å². The zero-order chi connectivity index (χ0) is 20.8. The lowest BCUT2D eigenvalue weighted by molar-refractivity contribution is -0.120. The fourth-order valence-electron chi connectivity index (χ4n) is 3.54. The van der Waals surface area contributed by atoms with E-state index in [0.717, 1.165) is 0 Å². The first-order valence-electron chi connectivity index (χ1n) is 9.08. The standard InChI is InChI=1S/C21H18Br2N4O2/c1-13-17(19(28)26(24-13)15-9-5-3-6-10-15)18(22)21(23)14(2)25-27(20(21)29)16-11-7-4-8-12-16/h3-12,17-18H,1-2H3/t17-,18+,21-/m0/s1. The SMILES string of the molecule is CC1=NN(c2ccccc2)C(=O)[C@@H]1[C@@H](Br)[C@]1(Br)C(=O)N(c2ccccc2)N=C1C. The van der Waals surface area contributed by atoms with Gasteiger partial charge in [-0.3, -0.25) is 9.59 Å². The molecular formula is C21H18Br2N4O2. The molecule has 0 aliphatic carbocycles. The minimum Gasteiger partial charge on any atom is -0.272 e. The van der Waals surface area contributed by atoms with Crippen molar-refractivity contribution in [3.63, 3.8) is 0 Å². The van der Waals surface area contributed by atoms with Crippen molar-refractivity contribution in [3.8, 4) is 0 Å². The third kappa shape index (κ3) is 3.14. The van der Waals surface area contributed by atoms with Crippen LogP contribution in [0.5, 0.6) is 0 Å². The van der Waals surface area contributed by atoms with E-state index in [2.05, 4.69) is 42.1 Å². The highest BCUT2D eigenvalue weighted by atomic mass is 79.9. The van der Waals surface area contributed by atoms with Crippen LogP contribution in [0.25, 0.3) is 0 Å². The number of hydrazone groups is 2. The molecule has 0 saturated carbocycles. The van der Waals surface area contributed by atoms with Crippen molar-refractivity contribution in [1.29, 1.82) is 0 Å². The summed E-state index contributed by atoms with van der Waals surface area (Å²) in [7, 11) is 0. The van der Waals surface area contributed by atoms with Gasteiger partial charge in [0.2, 0.25) is 0 Å². The molecule has 0 fully saturated rings. The summed E-state index contributed by atoms with van der Waals surface area (Å²) in [6, 6.07) is 18.5. The number of halogens is 2.